The first-order valence-electron chi connectivity index (χ1n) is 8.46. The van der Waals surface area contributed by atoms with Crippen molar-refractivity contribution < 1.29 is 14.8 Å². The van der Waals surface area contributed by atoms with Crippen LogP contribution in [0, 0.1) is 35.3 Å². The first kappa shape index (κ1) is 20.8. The zero-order valence-corrected chi connectivity index (χ0v) is 15.8. The van der Waals surface area contributed by atoms with Crippen molar-refractivity contribution in [2.45, 2.75) is 26.8 Å². The first-order chi connectivity index (χ1) is 13.3. The zero-order chi connectivity index (χ0) is 20.8. The molecule has 0 saturated heterocycles. The van der Waals surface area contributed by atoms with E-state index in [-0.39, 0.29) is 29.2 Å². The molecule has 0 unspecified atom stereocenters. The van der Waals surface area contributed by atoms with Gasteiger partial charge in [-0.05, 0) is 31.9 Å². The monoisotopic (exact) mass is 384 g/mol. The second-order valence-electron chi connectivity index (χ2n) is 6.14. The van der Waals surface area contributed by atoms with Gasteiger partial charge in [0.15, 0.2) is 0 Å². The number of pyridine rings is 1. The minimum atomic E-state index is -0.586. The lowest BCUT2D eigenvalue weighted by Crippen LogP contribution is -2.26. The average Bonchev–Trinajstić information content (AvgIpc) is 2.65. The van der Waals surface area contributed by atoms with Gasteiger partial charge in [-0.25, -0.2) is 0 Å². The van der Waals surface area contributed by atoms with Crippen molar-refractivity contribution in [1.82, 2.24) is 4.57 Å². The summed E-state index contributed by atoms with van der Waals surface area (Å²) in [5, 5.41) is 31.0. The number of aryl methyl sites for hydroxylation is 1. The Hall–Kier alpha value is -3.51. The largest absolute Gasteiger partial charge is 0.494 e. The predicted octanol–water partition coefficient (Wildman–Crippen LogP) is 2.74. The van der Waals surface area contributed by atoms with Gasteiger partial charge < -0.3 is 9.84 Å². The standard InChI is InChI=1S/C19H20N4O5/c1-12-5-6-14(9-17(12)23(26)27)21-11-16-13(2)15(10-20)18(24)22(19(16)25)7-4-8-28-3/h5-6,9,11,25H,4,7-8H2,1-3H3. The molecule has 2 aromatic rings. The summed E-state index contributed by atoms with van der Waals surface area (Å²) in [6.45, 7) is 3.72. The summed E-state index contributed by atoms with van der Waals surface area (Å²) in [5.41, 5.74) is 0.560. The van der Waals surface area contributed by atoms with E-state index >= 15 is 0 Å². The van der Waals surface area contributed by atoms with E-state index < -0.39 is 10.5 Å². The number of ether oxygens (including phenoxy) is 1. The van der Waals surface area contributed by atoms with Crippen molar-refractivity contribution in [2.24, 2.45) is 4.99 Å². The van der Waals surface area contributed by atoms with Crippen LogP contribution in [0.25, 0.3) is 0 Å². The summed E-state index contributed by atoms with van der Waals surface area (Å²) in [7, 11) is 1.53. The summed E-state index contributed by atoms with van der Waals surface area (Å²) in [5.74, 6) is -0.317. The van der Waals surface area contributed by atoms with Crippen LogP contribution in [0.2, 0.25) is 0 Å². The Morgan fingerprint density at radius 1 is 1.43 bits per heavy atom. The van der Waals surface area contributed by atoms with E-state index in [0.717, 1.165) is 4.57 Å². The molecule has 0 aliphatic carbocycles. The van der Waals surface area contributed by atoms with E-state index in [0.29, 0.717) is 29.8 Å². The van der Waals surface area contributed by atoms with E-state index in [2.05, 4.69) is 4.99 Å². The molecule has 0 atom stereocenters. The van der Waals surface area contributed by atoms with Crippen molar-refractivity contribution in [3.05, 3.63) is 60.9 Å². The lowest BCUT2D eigenvalue weighted by molar-refractivity contribution is -0.385. The fraction of sp³-hybridized carbons (Fsp3) is 0.316. The lowest BCUT2D eigenvalue weighted by Gasteiger charge is -2.13. The van der Waals surface area contributed by atoms with Crippen LogP contribution in [0.4, 0.5) is 11.4 Å². The third kappa shape index (κ3) is 4.24. The SMILES string of the molecule is COCCCn1c(O)c(C=Nc2ccc(C)c([N+](=O)[O-])c2)c(C)c(C#N)c1=O. The molecule has 0 spiro atoms. The van der Waals surface area contributed by atoms with E-state index in [4.69, 9.17) is 4.74 Å². The molecule has 0 fully saturated rings. The van der Waals surface area contributed by atoms with Gasteiger partial charge in [0.1, 0.15) is 11.6 Å². The molecule has 0 saturated carbocycles. The van der Waals surface area contributed by atoms with Crippen LogP contribution in [0.5, 0.6) is 5.88 Å². The second-order valence-corrected chi connectivity index (χ2v) is 6.14. The maximum atomic E-state index is 12.4. The number of rotatable bonds is 7. The molecule has 0 radical (unpaired) electrons. The van der Waals surface area contributed by atoms with Gasteiger partial charge in [0.2, 0.25) is 5.88 Å². The highest BCUT2D eigenvalue weighted by molar-refractivity contribution is 5.87. The topological polar surface area (TPSA) is 131 Å². The molecule has 0 aliphatic rings. The summed E-state index contributed by atoms with van der Waals surface area (Å²) in [6, 6.07) is 6.36. The van der Waals surface area contributed by atoms with Gasteiger partial charge in [0.25, 0.3) is 11.2 Å². The van der Waals surface area contributed by atoms with E-state index in [1.165, 1.54) is 26.3 Å². The number of nitriles is 1. The molecule has 9 heteroatoms. The quantitative estimate of drug-likeness (QED) is 0.338. The molecule has 1 aromatic carbocycles. The molecule has 0 amide bonds. The summed E-state index contributed by atoms with van der Waals surface area (Å²) >= 11 is 0. The van der Waals surface area contributed by atoms with Gasteiger partial charge >= 0.3 is 0 Å². The van der Waals surface area contributed by atoms with E-state index in [9.17, 15) is 25.3 Å². The van der Waals surface area contributed by atoms with Crippen molar-refractivity contribution in [2.75, 3.05) is 13.7 Å². The Morgan fingerprint density at radius 2 is 2.14 bits per heavy atom. The minimum Gasteiger partial charge on any atom is -0.494 e. The Bertz CT molecular complexity index is 1030. The summed E-state index contributed by atoms with van der Waals surface area (Å²) < 4.78 is 6.06. The minimum absolute atomic E-state index is 0.0714. The van der Waals surface area contributed by atoms with Crippen molar-refractivity contribution >= 4 is 17.6 Å². The summed E-state index contributed by atoms with van der Waals surface area (Å²) in [4.78, 5) is 27.2. The molecule has 146 valence electrons. The highest BCUT2D eigenvalue weighted by Gasteiger charge is 2.18. The van der Waals surface area contributed by atoms with Gasteiger partial charge in [0, 0.05) is 38.1 Å². The molecule has 0 aliphatic heterocycles. The average molecular weight is 384 g/mol. The van der Waals surface area contributed by atoms with Gasteiger partial charge in [0.05, 0.1) is 16.2 Å². The highest BCUT2D eigenvalue weighted by atomic mass is 16.6. The van der Waals surface area contributed by atoms with Crippen LogP contribution in [-0.4, -0.2) is 34.5 Å². The van der Waals surface area contributed by atoms with E-state index in [1.807, 2.05) is 6.07 Å². The molecular formula is C19H20N4O5. The zero-order valence-electron chi connectivity index (χ0n) is 15.8. The number of nitro benzene ring substituents is 1. The highest BCUT2D eigenvalue weighted by Crippen LogP contribution is 2.25. The van der Waals surface area contributed by atoms with Crippen LogP contribution in [-0.2, 0) is 11.3 Å². The fourth-order valence-electron chi connectivity index (χ4n) is 2.71. The van der Waals surface area contributed by atoms with Crippen LogP contribution in [0.3, 0.4) is 0 Å². The predicted molar refractivity (Wildman–Crippen MR) is 103 cm³/mol. The van der Waals surface area contributed by atoms with Gasteiger partial charge in [-0.2, -0.15) is 5.26 Å². The Morgan fingerprint density at radius 3 is 2.75 bits per heavy atom. The number of hydrogen-bond acceptors (Lipinski definition) is 7. The van der Waals surface area contributed by atoms with E-state index in [1.54, 1.807) is 19.1 Å². The Labute approximate surface area is 161 Å². The smallest absolute Gasteiger partial charge is 0.274 e. The maximum Gasteiger partial charge on any atom is 0.274 e. The van der Waals surface area contributed by atoms with Crippen molar-refractivity contribution in [3.8, 4) is 11.9 Å². The van der Waals surface area contributed by atoms with Crippen molar-refractivity contribution in [3.63, 3.8) is 0 Å². The number of methoxy groups -OCH3 is 1. The Kier molecular flexibility index (Phi) is 6.63. The van der Waals surface area contributed by atoms with Crippen LogP contribution < -0.4 is 5.56 Å². The normalized spacial score (nSPS) is 10.9. The van der Waals surface area contributed by atoms with Crippen LogP contribution in [0.15, 0.2) is 28.0 Å². The number of nitrogens with zero attached hydrogens (tertiary/aromatic N) is 4. The third-order valence-corrected chi connectivity index (χ3v) is 4.31. The molecule has 1 N–H and O–H groups in total. The number of benzene rings is 1. The van der Waals surface area contributed by atoms with Crippen LogP contribution in [0.1, 0.15) is 28.7 Å². The molecule has 9 nitrogen and oxygen atoms in total. The molecule has 1 heterocycles. The number of hydrogen-bond donors (Lipinski definition) is 1. The lowest BCUT2D eigenvalue weighted by atomic mass is 10.1. The number of aliphatic imine (C=N–C) groups is 1. The molecule has 2 rings (SSSR count). The first-order valence-corrected chi connectivity index (χ1v) is 8.46. The fourth-order valence-corrected chi connectivity index (χ4v) is 2.71. The second kappa shape index (κ2) is 8.92. The van der Waals surface area contributed by atoms with Crippen molar-refractivity contribution in [1.29, 1.82) is 5.26 Å². The van der Waals surface area contributed by atoms with Gasteiger partial charge in [-0.1, -0.05) is 6.07 Å². The van der Waals surface area contributed by atoms with Gasteiger partial charge in [-0.15, -0.1) is 0 Å². The Balaban J connectivity index is 2.53. The van der Waals surface area contributed by atoms with Gasteiger partial charge in [-0.3, -0.25) is 24.5 Å². The third-order valence-electron chi connectivity index (χ3n) is 4.31. The molecular weight excluding hydrogens is 364 g/mol. The molecule has 1 aromatic heterocycles. The van der Waals surface area contributed by atoms with Crippen LogP contribution >= 0.6 is 0 Å². The molecule has 28 heavy (non-hydrogen) atoms. The number of aromatic nitrogens is 1. The molecule has 0 bridgehead atoms. The number of aromatic hydroxyl groups is 1. The summed E-state index contributed by atoms with van der Waals surface area (Å²) in [6.07, 6.45) is 1.77. The number of nitro groups is 1. The maximum absolute atomic E-state index is 12.4.